The zero-order valence-electron chi connectivity index (χ0n) is 8.52. The zero-order chi connectivity index (χ0) is 11.8. The van der Waals surface area contributed by atoms with Gasteiger partial charge in [-0.3, -0.25) is 9.52 Å². The summed E-state index contributed by atoms with van der Waals surface area (Å²) < 4.78 is 25.6. The van der Waals surface area contributed by atoms with Crippen LogP contribution in [0.4, 0.5) is 0 Å². The summed E-state index contributed by atoms with van der Waals surface area (Å²) in [6.07, 6.45) is 1.23. The SMILES string of the molecule is CNC(=O)C=C1NS(=O)(=O)c2ccccc21. The quantitative estimate of drug-likeness (QED) is 0.680. The molecule has 0 spiro atoms. The first-order valence-electron chi connectivity index (χ1n) is 4.60. The molecule has 1 aromatic rings. The third-order valence-corrected chi connectivity index (χ3v) is 3.66. The molecule has 0 aromatic heterocycles. The summed E-state index contributed by atoms with van der Waals surface area (Å²) in [4.78, 5) is 11.4. The van der Waals surface area contributed by atoms with Gasteiger partial charge in [0.2, 0.25) is 5.91 Å². The number of amides is 1. The summed E-state index contributed by atoms with van der Waals surface area (Å²) in [5.41, 5.74) is 0.820. The molecule has 0 saturated heterocycles. The van der Waals surface area contributed by atoms with E-state index in [4.69, 9.17) is 0 Å². The van der Waals surface area contributed by atoms with Crippen molar-refractivity contribution in [3.63, 3.8) is 0 Å². The summed E-state index contributed by atoms with van der Waals surface area (Å²) in [7, 11) is -2.03. The van der Waals surface area contributed by atoms with Crippen molar-refractivity contribution in [1.29, 1.82) is 0 Å². The van der Waals surface area contributed by atoms with Crippen LogP contribution in [0, 0.1) is 0 Å². The molecule has 2 rings (SSSR count). The Kier molecular flexibility index (Phi) is 2.43. The van der Waals surface area contributed by atoms with E-state index in [1.165, 1.54) is 19.2 Å². The summed E-state index contributed by atoms with van der Waals surface area (Å²) in [5, 5.41) is 2.40. The first-order valence-corrected chi connectivity index (χ1v) is 6.08. The maximum absolute atomic E-state index is 11.6. The van der Waals surface area contributed by atoms with Gasteiger partial charge in [-0.2, -0.15) is 0 Å². The van der Waals surface area contributed by atoms with Crippen molar-refractivity contribution in [3.8, 4) is 0 Å². The molecule has 1 aliphatic rings. The Bertz CT molecular complexity index is 575. The van der Waals surface area contributed by atoms with Crippen LogP contribution in [0.15, 0.2) is 35.2 Å². The number of carbonyl (C=O) groups is 1. The molecule has 1 aromatic carbocycles. The van der Waals surface area contributed by atoms with Crippen LogP contribution in [0.25, 0.3) is 5.70 Å². The van der Waals surface area contributed by atoms with Gasteiger partial charge in [-0.25, -0.2) is 8.42 Å². The average Bonchev–Trinajstić information content (AvgIpc) is 2.51. The third kappa shape index (κ3) is 1.67. The molecule has 6 heteroatoms. The fourth-order valence-corrected chi connectivity index (χ4v) is 2.78. The van der Waals surface area contributed by atoms with E-state index in [1.54, 1.807) is 18.2 Å². The van der Waals surface area contributed by atoms with E-state index < -0.39 is 10.0 Å². The lowest BCUT2D eigenvalue weighted by atomic mass is 10.1. The van der Waals surface area contributed by atoms with Crippen LogP contribution in [-0.2, 0) is 14.8 Å². The first-order chi connectivity index (χ1) is 7.54. The number of fused-ring (bicyclic) bond motifs is 1. The maximum Gasteiger partial charge on any atom is 0.262 e. The molecular formula is C10H10N2O3S. The molecule has 0 unspecified atom stereocenters. The molecule has 1 heterocycles. The Morgan fingerprint density at radius 3 is 2.75 bits per heavy atom. The molecule has 0 atom stereocenters. The van der Waals surface area contributed by atoms with Gasteiger partial charge in [-0.05, 0) is 6.07 Å². The molecule has 84 valence electrons. The van der Waals surface area contributed by atoms with Crippen molar-refractivity contribution in [2.75, 3.05) is 7.05 Å². The van der Waals surface area contributed by atoms with Gasteiger partial charge < -0.3 is 5.32 Å². The van der Waals surface area contributed by atoms with E-state index in [2.05, 4.69) is 10.0 Å². The van der Waals surface area contributed by atoms with Gasteiger partial charge in [0.05, 0.1) is 10.6 Å². The second-order valence-electron chi connectivity index (χ2n) is 3.27. The monoisotopic (exact) mass is 238 g/mol. The van der Waals surface area contributed by atoms with Crippen LogP contribution in [0.3, 0.4) is 0 Å². The molecule has 0 aliphatic carbocycles. The lowest BCUT2D eigenvalue weighted by Gasteiger charge is -1.98. The Balaban J connectivity index is 2.57. The summed E-state index contributed by atoms with van der Waals surface area (Å²) in [5.74, 6) is -0.352. The largest absolute Gasteiger partial charge is 0.356 e. The normalized spacial score (nSPS) is 18.9. The highest BCUT2D eigenvalue weighted by atomic mass is 32.2. The molecule has 2 N–H and O–H groups in total. The standard InChI is InChI=1S/C10H10N2O3S/c1-11-10(13)6-8-7-4-2-3-5-9(7)16(14,15)12-8/h2-6,12H,1H3,(H,11,13). The van der Waals surface area contributed by atoms with E-state index in [0.29, 0.717) is 11.3 Å². The van der Waals surface area contributed by atoms with Crippen LogP contribution in [0.1, 0.15) is 5.56 Å². The summed E-state index contributed by atoms with van der Waals surface area (Å²) >= 11 is 0. The minimum absolute atomic E-state index is 0.199. The number of hydrogen-bond acceptors (Lipinski definition) is 3. The van der Waals surface area contributed by atoms with Gasteiger partial charge in [-0.1, -0.05) is 18.2 Å². The van der Waals surface area contributed by atoms with Crippen molar-refractivity contribution in [1.82, 2.24) is 10.0 Å². The minimum Gasteiger partial charge on any atom is -0.356 e. The second-order valence-corrected chi connectivity index (χ2v) is 4.92. The lowest BCUT2D eigenvalue weighted by Crippen LogP contribution is -2.18. The van der Waals surface area contributed by atoms with Crippen molar-refractivity contribution < 1.29 is 13.2 Å². The number of hydrogen-bond donors (Lipinski definition) is 2. The Hall–Kier alpha value is -1.82. The highest BCUT2D eigenvalue weighted by molar-refractivity contribution is 7.90. The van der Waals surface area contributed by atoms with E-state index in [1.807, 2.05) is 0 Å². The van der Waals surface area contributed by atoms with Crippen molar-refractivity contribution in [3.05, 3.63) is 35.9 Å². The molecule has 5 nitrogen and oxygen atoms in total. The van der Waals surface area contributed by atoms with Gasteiger partial charge in [0, 0.05) is 18.7 Å². The highest BCUT2D eigenvalue weighted by Crippen LogP contribution is 2.29. The van der Waals surface area contributed by atoms with E-state index in [-0.39, 0.29) is 10.8 Å². The Labute approximate surface area is 93.2 Å². The molecular weight excluding hydrogens is 228 g/mol. The smallest absolute Gasteiger partial charge is 0.262 e. The van der Waals surface area contributed by atoms with E-state index in [0.717, 1.165) is 0 Å². The number of benzene rings is 1. The molecule has 1 amide bonds. The number of likely N-dealkylation sites (N-methyl/N-ethyl adjacent to an activating group) is 1. The molecule has 16 heavy (non-hydrogen) atoms. The molecule has 1 aliphatic heterocycles. The van der Waals surface area contributed by atoms with Gasteiger partial charge in [0.25, 0.3) is 10.0 Å². The number of sulfonamides is 1. The maximum atomic E-state index is 11.6. The Morgan fingerprint density at radius 1 is 1.38 bits per heavy atom. The predicted molar refractivity (Wildman–Crippen MR) is 58.8 cm³/mol. The van der Waals surface area contributed by atoms with Crippen LogP contribution < -0.4 is 10.0 Å². The van der Waals surface area contributed by atoms with Gasteiger partial charge >= 0.3 is 0 Å². The summed E-state index contributed by atoms with van der Waals surface area (Å²) in [6, 6.07) is 6.52. The van der Waals surface area contributed by atoms with E-state index >= 15 is 0 Å². The summed E-state index contributed by atoms with van der Waals surface area (Å²) in [6.45, 7) is 0. The van der Waals surface area contributed by atoms with Crippen LogP contribution in [0.2, 0.25) is 0 Å². The van der Waals surface area contributed by atoms with Gasteiger partial charge in [0.15, 0.2) is 0 Å². The molecule has 0 radical (unpaired) electrons. The topological polar surface area (TPSA) is 75.3 Å². The average molecular weight is 238 g/mol. The second kappa shape index (κ2) is 3.64. The van der Waals surface area contributed by atoms with Crippen molar-refractivity contribution in [2.24, 2.45) is 0 Å². The van der Waals surface area contributed by atoms with E-state index in [9.17, 15) is 13.2 Å². The number of nitrogens with one attached hydrogen (secondary N) is 2. The lowest BCUT2D eigenvalue weighted by molar-refractivity contribution is -0.116. The number of rotatable bonds is 1. The minimum atomic E-state index is -3.51. The fourth-order valence-electron chi connectivity index (χ4n) is 1.49. The number of carbonyl (C=O) groups excluding carboxylic acids is 1. The van der Waals surface area contributed by atoms with Crippen LogP contribution >= 0.6 is 0 Å². The van der Waals surface area contributed by atoms with Gasteiger partial charge in [0.1, 0.15) is 0 Å². The third-order valence-electron chi connectivity index (χ3n) is 2.23. The molecule has 0 fully saturated rings. The van der Waals surface area contributed by atoms with Crippen LogP contribution in [0.5, 0.6) is 0 Å². The molecule has 0 saturated carbocycles. The fraction of sp³-hybridized carbons (Fsp3) is 0.100. The van der Waals surface area contributed by atoms with Crippen molar-refractivity contribution in [2.45, 2.75) is 4.90 Å². The highest BCUT2D eigenvalue weighted by Gasteiger charge is 2.29. The van der Waals surface area contributed by atoms with Crippen molar-refractivity contribution >= 4 is 21.6 Å². The predicted octanol–water partition coefficient (Wildman–Crippen LogP) is 0.0654. The van der Waals surface area contributed by atoms with Gasteiger partial charge in [-0.15, -0.1) is 0 Å². The zero-order valence-corrected chi connectivity index (χ0v) is 9.34. The first kappa shape index (κ1) is 10.7. The van der Waals surface area contributed by atoms with Crippen LogP contribution in [-0.4, -0.2) is 21.4 Å². The Morgan fingerprint density at radius 2 is 2.06 bits per heavy atom. The molecule has 0 bridgehead atoms.